The molecular formula is C17H25NO2. The largest absolute Gasteiger partial charge is 0.481 e. The number of hydrogen-bond donors (Lipinski definition) is 1. The smallest absolute Gasteiger partial charge is 0.261 e. The van der Waals surface area contributed by atoms with Gasteiger partial charge < -0.3 is 10.1 Å². The van der Waals surface area contributed by atoms with Crippen molar-refractivity contribution in [1.29, 1.82) is 0 Å². The minimum Gasteiger partial charge on any atom is -0.481 e. The number of carbonyl (C=O) groups excluding carboxylic acids is 1. The summed E-state index contributed by atoms with van der Waals surface area (Å²) in [5.41, 5.74) is 1.14. The van der Waals surface area contributed by atoms with Crippen molar-refractivity contribution < 1.29 is 9.53 Å². The van der Waals surface area contributed by atoms with Gasteiger partial charge in [0.15, 0.2) is 6.10 Å². The maximum Gasteiger partial charge on any atom is 0.261 e. The molecule has 1 N–H and O–H groups in total. The molecule has 20 heavy (non-hydrogen) atoms. The number of nitrogens with one attached hydrogen (secondary N) is 1. The fourth-order valence-electron chi connectivity index (χ4n) is 2.78. The maximum atomic E-state index is 12.2. The van der Waals surface area contributed by atoms with Crippen LogP contribution in [-0.4, -0.2) is 18.1 Å². The molecule has 1 saturated carbocycles. The topological polar surface area (TPSA) is 38.3 Å². The third kappa shape index (κ3) is 3.99. The molecule has 2 rings (SSSR count). The summed E-state index contributed by atoms with van der Waals surface area (Å²) in [7, 11) is 0. The van der Waals surface area contributed by atoms with Crippen molar-refractivity contribution in [3.8, 4) is 5.75 Å². The van der Waals surface area contributed by atoms with Gasteiger partial charge >= 0.3 is 0 Å². The molecule has 110 valence electrons. The van der Waals surface area contributed by atoms with Crippen LogP contribution < -0.4 is 10.1 Å². The second kappa shape index (κ2) is 6.78. The first-order valence-electron chi connectivity index (χ1n) is 7.60. The van der Waals surface area contributed by atoms with E-state index in [9.17, 15) is 4.79 Å². The Hall–Kier alpha value is -1.51. The Morgan fingerprint density at radius 1 is 1.35 bits per heavy atom. The summed E-state index contributed by atoms with van der Waals surface area (Å²) in [4.78, 5) is 12.2. The number of aryl methyl sites for hydroxylation is 1. The van der Waals surface area contributed by atoms with Gasteiger partial charge in [0.1, 0.15) is 5.75 Å². The molecule has 0 unspecified atom stereocenters. The van der Waals surface area contributed by atoms with Crippen LogP contribution in [0.1, 0.15) is 45.1 Å². The molecule has 1 amide bonds. The molecule has 1 aromatic rings. The molecule has 1 aliphatic carbocycles. The zero-order chi connectivity index (χ0) is 14.5. The Morgan fingerprint density at radius 3 is 2.80 bits per heavy atom. The predicted molar refractivity (Wildman–Crippen MR) is 80.8 cm³/mol. The van der Waals surface area contributed by atoms with E-state index in [-0.39, 0.29) is 5.91 Å². The normalized spacial score (nSPS) is 23.9. The fraction of sp³-hybridized carbons (Fsp3) is 0.588. The molecule has 3 atom stereocenters. The molecular weight excluding hydrogens is 250 g/mol. The number of ether oxygens (including phenoxy) is 1. The van der Waals surface area contributed by atoms with Crippen LogP contribution in [0, 0.1) is 12.8 Å². The molecule has 1 aromatic carbocycles. The summed E-state index contributed by atoms with van der Waals surface area (Å²) in [6.45, 7) is 6.04. The van der Waals surface area contributed by atoms with Crippen molar-refractivity contribution in [1.82, 2.24) is 5.32 Å². The highest BCUT2D eigenvalue weighted by molar-refractivity contribution is 5.81. The molecule has 3 nitrogen and oxygen atoms in total. The lowest BCUT2D eigenvalue weighted by Gasteiger charge is -2.30. The van der Waals surface area contributed by atoms with Crippen LogP contribution in [0.25, 0.3) is 0 Å². The monoisotopic (exact) mass is 275 g/mol. The number of hydrogen-bond acceptors (Lipinski definition) is 2. The van der Waals surface area contributed by atoms with E-state index in [0.29, 0.717) is 12.0 Å². The Balaban J connectivity index is 1.88. The molecule has 0 saturated heterocycles. The number of rotatable bonds is 4. The number of benzene rings is 1. The predicted octanol–water partition coefficient (Wildman–Crippen LogP) is 3.46. The summed E-state index contributed by atoms with van der Waals surface area (Å²) < 4.78 is 5.72. The van der Waals surface area contributed by atoms with Crippen LogP contribution >= 0.6 is 0 Å². The van der Waals surface area contributed by atoms with Gasteiger partial charge in [-0.15, -0.1) is 0 Å². The van der Waals surface area contributed by atoms with Crippen LogP contribution in [-0.2, 0) is 4.79 Å². The lowest BCUT2D eigenvalue weighted by Crippen LogP contribution is -2.46. The summed E-state index contributed by atoms with van der Waals surface area (Å²) in [5, 5.41) is 3.14. The molecule has 0 bridgehead atoms. The van der Waals surface area contributed by atoms with Gasteiger partial charge in [0.25, 0.3) is 5.91 Å². The highest BCUT2D eigenvalue weighted by Crippen LogP contribution is 2.24. The van der Waals surface area contributed by atoms with Crippen molar-refractivity contribution in [2.75, 3.05) is 0 Å². The lowest BCUT2D eigenvalue weighted by molar-refractivity contribution is -0.128. The SMILES string of the molecule is Cc1cccc(O[C@H](C)C(=O)N[C@H]2CCCC[C@H]2C)c1. The van der Waals surface area contributed by atoms with E-state index in [0.717, 1.165) is 17.7 Å². The molecule has 1 fully saturated rings. The zero-order valence-electron chi connectivity index (χ0n) is 12.7. The molecule has 1 aliphatic rings. The highest BCUT2D eigenvalue weighted by atomic mass is 16.5. The van der Waals surface area contributed by atoms with E-state index in [4.69, 9.17) is 4.74 Å². The first-order chi connectivity index (χ1) is 9.56. The van der Waals surface area contributed by atoms with Crippen molar-refractivity contribution in [2.24, 2.45) is 5.92 Å². The Kier molecular flexibility index (Phi) is 5.05. The van der Waals surface area contributed by atoms with E-state index < -0.39 is 6.10 Å². The summed E-state index contributed by atoms with van der Waals surface area (Å²) in [5.74, 6) is 1.31. The van der Waals surface area contributed by atoms with Crippen molar-refractivity contribution in [2.45, 2.75) is 58.6 Å². The van der Waals surface area contributed by atoms with Crippen molar-refractivity contribution in [3.05, 3.63) is 29.8 Å². The fourth-order valence-corrected chi connectivity index (χ4v) is 2.78. The van der Waals surface area contributed by atoms with Crippen LogP contribution in [0.2, 0.25) is 0 Å². The average Bonchev–Trinajstić information content (AvgIpc) is 2.41. The van der Waals surface area contributed by atoms with Crippen LogP contribution in [0.3, 0.4) is 0 Å². The molecule has 0 spiro atoms. The Bertz CT molecular complexity index is 458. The Morgan fingerprint density at radius 2 is 2.10 bits per heavy atom. The summed E-state index contributed by atoms with van der Waals surface area (Å²) >= 11 is 0. The van der Waals surface area contributed by atoms with Crippen molar-refractivity contribution >= 4 is 5.91 Å². The van der Waals surface area contributed by atoms with Gasteiger partial charge in [-0.25, -0.2) is 0 Å². The first kappa shape index (κ1) is 14.9. The lowest BCUT2D eigenvalue weighted by atomic mass is 9.86. The minimum absolute atomic E-state index is 0.00902. The third-order valence-electron chi connectivity index (χ3n) is 4.11. The van der Waals surface area contributed by atoms with Gasteiger partial charge in [0.05, 0.1) is 0 Å². The van der Waals surface area contributed by atoms with Gasteiger partial charge in [-0.1, -0.05) is 31.9 Å². The molecule has 0 aromatic heterocycles. The van der Waals surface area contributed by atoms with E-state index in [1.54, 1.807) is 0 Å². The second-order valence-corrected chi connectivity index (χ2v) is 5.95. The van der Waals surface area contributed by atoms with E-state index in [2.05, 4.69) is 12.2 Å². The standard InChI is InChI=1S/C17H25NO2/c1-12-7-6-9-15(11-12)20-14(3)17(19)18-16-10-5-4-8-13(16)2/h6-7,9,11,13-14,16H,4-5,8,10H2,1-3H3,(H,18,19)/t13-,14-,16+/m1/s1. The molecule has 0 aliphatic heterocycles. The zero-order valence-corrected chi connectivity index (χ0v) is 12.7. The maximum absolute atomic E-state index is 12.2. The quantitative estimate of drug-likeness (QED) is 0.914. The van der Waals surface area contributed by atoms with Crippen molar-refractivity contribution in [3.63, 3.8) is 0 Å². The van der Waals surface area contributed by atoms with Gasteiger partial charge in [0, 0.05) is 6.04 Å². The molecule has 0 radical (unpaired) electrons. The number of amides is 1. The molecule has 0 heterocycles. The van der Waals surface area contributed by atoms with E-state index >= 15 is 0 Å². The molecule has 3 heteroatoms. The van der Waals surface area contributed by atoms with Gasteiger partial charge in [0.2, 0.25) is 0 Å². The van der Waals surface area contributed by atoms with Crippen LogP contribution in [0.15, 0.2) is 24.3 Å². The summed E-state index contributed by atoms with van der Waals surface area (Å²) in [6.07, 6.45) is 4.33. The van der Waals surface area contributed by atoms with E-state index in [1.165, 1.54) is 19.3 Å². The first-order valence-corrected chi connectivity index (χ1v) is 7.60. The minimum atomic E-state index is -0.453. The third-order valence-corrected chi connectivity index (χ3v) is 4.11. The van der Waals surface area contributed by atoms with Gasteiger partial charge in [-0.2, -0.15) is 0 Å². The van der Waals surface area contributed by atoms with Gasteiger partial charge in [-0.3, -0.25) is 4.79 Å². The number of carbonyl (C=O) groups is 1. The second-order valence-electron chi connectivity index (χ2n) is 5.95. The summed E-state index contributed by atoms with van der Waals surface area (Å²) in [6, 6.07) is 8.10. The average molecular weight is 275 g/mol. The highest BCUT2D eigenvalue weighted by Gasteiger charge is 2.25. The van der Waals surface area contributed by atoms with Crippen LogP contribution in [0.5, 0.6) is 5.75 Å². The van der Waals surface area contributed by atoms with Crippen LogP contribution in [0.4, 0.5) is 0 Å². The Labute approximate surface area is 121 Å². The van der Waals surface area contributed by atoms with Gasteiger partial charge in [-0.05, 0) is 50.3 Å². The van der Waals surface area contributed by atoms with E-state index in [1.807, 2.05) is 38.1 Å².